The van der Waals surface area contributed by atoms with E-state index in [9.17, 15) is 0 Å². The SMILES string of the molecule is CNCC1(c2nccc(C3CCCC3)n2)CCC1. The lowest BCUT2D eigenvalue weighted by Gasteiger charge is -2.40. The molecule has 1 heterocycles. The highest BCUT2D eigenvalue weighted by Gasteiger charge is 2.41. The minimum absolute atomic E-state index is 0.226. The van der Waals surface area contributed by atoms with E-state index >= 15 is 0 Å². The average molecular weight is 245 g/mol. The van der Waals surface area contributed by atoms with Crippen molar-refractivity contribution in [3.8, 4) is 0 Å². The molecular formula is C15H23N3. The van der Waals surface area contributed by atoms with Crippen LogP contribution in [0.25, 0.3) is 0 Å². The van der Waals surface area contributed by atoms with E-state index in [1.807, 2.05) is 13.2 Å². The minimum Gasteiger partial charge on any atom is -0.319 e. The van der Waals surface area contributed by atoms with Crippen LogP contribution in [-0.4, -0.2) is 23.6 Å². The Balaban J connectivity index is 1.85. The molecule has 0 amide bonds. The van der Waals surface area contributed by atoms with Crippen molar-refractivity contribution in [1.29, 1.82) is 0 Å². The van der Waals surface area contributed by atoms with Gasteiger partial charge >= 0.3 is 0 Å². The van der Waals surface area contributed by atoms with Crippen LogP contribution < -0.4 is 5.32 Å². The van der Waals surface area contributed by atoms with Gasteiger partial charge in [0.15, 0.2) is 0 Å². The molecule has 0 atom stereocenters. The predicted octanol–water partition coefficient (Wildman–Crippen LogP) is 2.78. The lowest BCUT2D eigenvalue weighted by molar-refractivity contribution is 0.224. The maximum Gasteiger partial charge on any atom is 0.135 e. The highest BCUT2D eigenvalue weighted by molar-refractivity contribution is 5.18. The van der Waals surface area contributed by atoms with Crippen LogP contribution in [0.1, 0.15) is 62.4 Å². The second kappa shape index (κ2) is 4.96. The van der Waals surface area contributed by atoms with Gasteiger partial charge in [0.1, 0.15) is 5.82 Å². The number of nitrogens with one attached hydrogen (secondary N) is 1. The molecular weight excluding hydrogens is 222 g/mol. The summed E-state index contributed by atoms with van der Waals surface area (Å²) in [5.41, 5.74) is 1.52. The van der Waals surface area contributed by atoms with Gasteiger partial charge in [-0.05, 0) is 38.8 Å². The van der Waals surface area contributed by atoms with Gasteiger partial charge in [0.05, 0.1) is 0 Å². The number of nitrogens with zero attached hydrogens (tertiary/aromatic N) is 2. The zero-order valence-corrected chi connectivity index (χ0v) is 11.3. The third-order valence-electron chi connectivity index (χ3n) is 4.75. The molecule has 3 nitrogen and oxygen atoms in total. The average Bonchev–Trinajstić information content (AvgIpc) is 2.88. The van der Waals surface area contributed by atoms with Crippen molar-refractivity contribution >= 4 is 0 Å². The van der Waals surface area contributed by atoms with Gasteiger partial charge in [0, 0.05) is 29.8 Å². The fourth-order valence-electron chi connectivity index (χ4n) is 3.50. The Morgan fingerprint density at radius 2 is 2.06 bits per heavy atom. The van der Waals surface area contributed by atoms with Crippen LogP contribution >= 0.6 is 0 Å². The Kier molecular flexibility index (Phi) is 3.33. The summed E-state index contributed by atoms with van der Waals surface area (Å²) >= 11 is 0. The summed E-state index contributed by atoms with van der Waals surface area (Å²) in [4.78, 5) is 9.49. The highest BCUT2D eigenvalue weighted by Crippen LogP contribution is 2.42. The molecule has 2 aliphatic rings. The first-order valence-corrected chi connectivity index (χ1v) is 7.32. The molecule has 2 aliphatic carbocycles. The van der Waals surface area contributed by atoms with Gasteiger partial charge in [-0.2, -0.15) is 0 Å². The molecule has 1 N–H and O–H groups in total. The summed E-state index contributed by atoms with van der Waals surface area (Å²) in [5.74, 6) is 1.78. The quantitative estimate of drug-likeness (QED) is 0.886. The van der Waals surface area contributed by atoms with E-state index in [1.54, 1.807) is 0 Å². The Labute approximate surface area is 109 Å². The van der Waals surface area contributed by atoms with Gasteiger partial charge in [0.25, 0.3) is 0 Å². The van der Waals surface area contributed by atoms with Crippen molar-refractivity contribution in [2.45, 2.75) is 56.3 Å². The molecule has 1 aromatic heterocycles. The first-order valence-electron chi connectivity index (χ1n) is 7.32. The van der Waals surface area contributed by atoms with E-state index in [-0.39, 0.29) is 5.41 Å². The molecule has 18 heavy (non-hydrogen) atoms. The van der Waals surface area contributed by atoms with Gasteiger partial charge < -0.3 is 5.32 Å². The summed E-state index contributed by atoms with van der Waals surface area (Å²) in [6.45, 7) is 1.01. The Morgan fingerprint density at radius 1 is 1.28 bits per heavy atom. The zero-order valence-electron chi connectivity index (χ0n) is 11.3. The van der Waals surface area contributed by atoms with E-state index < -0.39 is 0 Å². The molecule has 3 rings (SSSR count). The number of aromatic nitrogens is 2. The molecule has 0 aliphatic heterocycles. The predicted molar refractivity (Wildman–Crippen MR) is 72.7 cm³/mol. The van der Waals surface area contributed by atoms with Crippen LogP contribution in [0.5, 0.6) is 0 Å². The second-order valence-electron chi connectivity index (χ2n) is 5.95. The van der Waals surface area contributed by atoms with E-state index in [1.165, 1.54) is 50.6 Å². The molecule has 0 unspecified atom stereocenters. The Morgan fingerprint density at radius 3 is 2.67 bits per heavy atom. The number of likely N-dealkylation sites (N-methyl/N-ethyl adjacent to an activating group) is 1. The fourth-order valence-corrected chi connectivity index (χ4v) is 3.50. The van der Waals surface area contributed by atoms with Crippen molar-refractivity contribution < 1.29 is 0 Å². The molecule has 98 valence electrons. The normalized spacial score (nSPS) is 22.9. The maximum atomic E-state index is 4.92. The Bertz CT molecular complexity index is 406. The molecule has 3 heteroatoms. The van der Waals surface area contributed by atoms with Crippen molar-refractivity contribution in [1.82, 2.24) is 15.3 Å². The van der Waals surface area contributed by atoms with Gasteiger partial charge in [-0.3, -0.25) is 0 Å². The van der Waals surface area contributed by atoms with Crippen LogP contribution in [0, 0.1) is 0 Å². The van der Waals surface area contributed by atoms with Crippen LogP contribution in [-0.2, 0) is 5.41 Å². The van der Waals surface area contributed by atoms with Gasteiger partial charge in [-0.1, -0.05) is 19.3 Å². The molecule has 0 spiro atoms. The van der Waals surface area contributed by atoms with E-state index in [0.717, 1.165) is 12.4 Å². The van der Waals surface area contributed by atoms with Crippen molar-refractivity contribution in [3.05, 3.63) is 23.8 Å². The fraction of sp³-hybridized carbons (Fsp3) is 0.733. The van der Waals surface area contributed by atoms with Crippen LogP contribution in [0.15, 0.2) is 12.3 Å². The highest BCUT2D eigenvalue weighted by atomic mass is 14.9. The lowest BCUT2D eigenvalue weighted by atomic mass is 9.68. The van der Waals surface area contributed by atoms with Gasteiger partial charge in [-0.25, -0.2) is 9.97 Å². The minimum atomic E-state index is 0.226. The molecule has 0 radical (unpaired) electrons. The van der Waals surface area contributed by atoms with Gasteiger partial charge in [0.2, 0.25) is 0 Å². The third kappa shape index (κ3) is 2.05. The molecule has 0 bridgehead atoms. The van der Waals surface area contributed by atoms with Gasteiger partial charge in [-0.15, -0.1) is 0 Å². The topological polar surface area (TPSA) is 37.8 Å². The van der Waals surface area contributed by atoms with E-state index in [0.29, 0.717) is 5.92 Å². The Hall–Kier alpha value is -0.960. The standard InChI is InChI=1S/C15H23N3/c1-16-11-15(8-4-9-15)14-17-10-7-13(18-14)12-5-2-3-6-12/h7,10,12,16H,2-6,8-9,11H2,1H3. The summed E-state index contributed by atoms with van der Waals surface area (Å²) in [5, 5.41) is 3.32. The molecule has 1 aromatic rings. The summed E-state index contributed by atoms with van der Waals surface area (Å²) in [7, 11) is 2.03. The van der Waals surface area contributed by atoms with Crippen LogP contribution in [0.3, 0.4) is 0 Å². The molecule has 2 saturated carbocycles. The number of rotatable bonds is 4. The lowest BCUT2D eigenvalue weighted by Crippen LogP contribution is -2.44. The van der Waals surface area contributed by atoms with Crippen molar-refractivity contribution in [2.24, 2.45) is 0 Å². The van der Waals surface area contributed by atoms with Crippen LogP contribution in [0.4, 0.5) is 0 Å². The molecule has 0 aromatic carbocycles. The first-order chi connectivity index (χ1) is 8.84. The van der Waals surface area contributed by atoms with E-state index in [4.69, 9.17) is 4.98 Å². The molecule has 0 saturated heterocycles. The summed E-state index contributed by atoms with van der Waals surface area (Å²) in [6.07, 6.45) is 11.1. The second-order valence-corrected chi connectivity index (χ2v) is 5.95. The third-order valence-corrected chi connectivity index (χ3v) is 4.75. The number of hydrogen-bond donors (Lipinski definition) is 1. The first kappa shape index (κ1) is 12.1. The van der Waals surface area contributed by atoms with E-state index in [2.05, 4.69) is 16.4 Å². The summed E-state index contributed by atoms with van der Waals surface area (Å²) < 4.78 is 0. The zero-order chi connectivity index (χ0) is 12.4. The largest absolute Gasteiger partial charge is 0.319 e. The smallest absolute Gasteiger partial charge is 0.135 e. The monoisotopic (exact) mass is 245 g/mol. The van der Waals surface area contributed by atoms with Crippen molar-refractivity contribution in [2.75, 3.05) is 13.6 Å². The number of hydrogen-bond acceptors (Lipinski definition) is 3. The molecule has 2 fully saturated rings. The maximum absolute atomic E-state index is 4.92. The van der Waals surface area contributed by atoms with Crippen molar-refractivity contribution in [3.63, 3.8) is 0 Å². The summed E-state index contributed by atoms with van der Waals surface area (Å²) in [6, 6.07) is 2.13. The van der Waals surface area contributed by atoms with Crippen LogP contribution in [0.2, 0.25) is 0 Å².